The predicted octanol–water partition coefficient (Wildman–Crippen LogP) is 4.38. The van der Waals surface area contributed by atoms with Crippen LogP contribution in [0, 0.1) is 5.41 Å². The zero-order chi connectivity index (χ0) is 24.3. The Balaban J connectivity index is 4.61. The third-order valence-electron chi connectivity index (χ3n) is 4.12. The molecular weight excluding hydrogens is 375 g/mol. The van der Waals surface area contributed by atoms with Crippen LogP contribution in [0.2, 0.25) is 0 Å². The number of amides is 1. The Morgan fingerprint density at radius 1 is 1.07 bits per heavy atom. The normalized spacial score (nSPS) is 13.9. The fraction of sp³-hybridized carbons (Fsp3) is 0.842. The average Bonchev–Trinajstić information content (AvgIpc) is 2.59. The van der Waals surface area contributed by atoms with E-state index in [1.54, 1.807) is 0 Å². The van der Waals surface area contributed by atoms with Gasteiger partial charge in [0.15, 0.2) is 5.96 Å². The molecule has 0 aromatic rings. The van der Waals surface area contributed by atoms with Crippen LogP contribution in [0.3, 0.4) is 0 Å². The summed E-state index contributed by atoms with van der Waals surface area (Å²) in [6.07, 6.45) is 3.31. The van der Waals surface area contributed by atoms with Crippen molar-refractivity contribution in [1.29, 1.82) is 5.41 Å². The molecule has 2 N–H and O–H groups in total. The molecule has 164 valence electrons. The number of nitrogens with zero attached hydrogens (tertiary/aromatic N) is 1. The van der Waals surface area contributed by atoms with Gasteiger partial charge in [-0.05, 0) is 20.3 Å². The van der Waals surface area contributed by atoms with Gasteiger partial charge >= 0.3 is 12.1 Å². The molecule has 0 fully saturated rings. The maximum atomic E-state index is 12.8. The smallest absolute Gasteiger partial charge is 0.427 e. The van der Waals surface area contributed by atoms with Crippen molar-refractivity contribution in [2.45, 2.75) is 90.3 Å². The monoisotopic (exact) mass is 412 g/mol. The van der Waals surface area contributed by atoms with Crippen molar-refractivity contribution in [3.63, 3.8) is 0 Å². The van der Waals surface area contributed by atoms with Crippen LogP contribution in [-0.2, 0) is 14.3 Å². The fourth-order valence-electron chi connectivity index (χ4n) is 2.26. The zero-order valence-corrected chi connectivity index (χ0v) is 16.9. The maximum absolute atomic E-state index is 12.8. The summed E-state index contributed by atoms with van der Waals surface area (Å²) in [6, 6.07) is 0. The van der Waals surface area contributed by atoms with Gasteiger partial charge in [-0.2, -0.15) is 13.2 Å². The Morgan fingerprint density at radius 3 is 2.11 bits per heavy atom. The van der Waals surface area contributed by atoms with E-state index in [1.807, 2.05) is 0 Å². The Kier molecular flexibility index (Phi) is 9.43. The van der Waals surface area contributed by atoms with Crippen LogP contribution in [-0.4, -0.2) is 48.0 Å². The number of alkyl halides is 3. The molecule has 0 aliphatic carbocycles. The molecule has 0 atom stereocenters. The van der Waals surface area contributed by atoms with E-state index < -0.39 is 43.1 Å². The Morgan fingerprint density at radius 2 is 1.61 bits per heavy atom. The summed E-state index contributed by atoms with van der Waals surface area (Å²) in [6.45, 7) is -0.796. The topological polar surface area (TPSA) is 82.5 Å². The molecule has 0 saturated heterocycles. The number of hydrogen-bond donors (Lipinski definition) is 2. The number of carbonyl (C=O) groups excluding carboxylic acids is 2. The number of rotatable bonds is 12. The standard InChI is InChI=1S/C19H34F3N3O3/c1-5-6-7-8-9-10-11-12-13-15(26)24-17(23)25(4)14-16(27)28-18(2,3)19(20,21)22/h5-14H2,1-4H3,(H2,23,24,26)/i4D3. The number of halogens is 3. The molecule has 28 heavy (non-hydrogen) atoms. The molecule has 0 unspecified atom stereocenters. The van der Waals surface area contributed by atoms with E-state index in [2.05, 4.69) is 17.0 Å². The second kappa shape index (κ2) is 12.6. The number of nitrogens with one attached hydrogen (secondary N) is 2. The van der Waals surface area contributed by atoms with Gasteiger partial charge in [-0.3, -0.25) is 20.3 Å². The van der Waals surface area contributed by atoms with Gasteiger partial charge in [0.1, 0.15) is 6.54 Å². The Labute approximate surface area is 169 Å². The third-order valence-corrected chi connectivity index (χ3v) is 4.12. The van der Waals surface area contributed by atoms with Gasteiger partial charge in [0.05, 0.1) is 0 Å². The van der Waals surface area contributed by atoms with Crippen molar-refractivity contribution in [3.05, 3.63) is 0 Å². The van der Waals surface area contributed by atoms with Crippen LogP contribution < -0.4 is 5.32 Å². The van der Waals surface area contributed by atoms with Gasteiger partial charge in [-0.1, -0.05) is 51.9 Å². The van der Waals surface area contributed by atoms with Crippen molar-refractivity contribution in [2.75, 3.05) is 13.5 Å². The molecule has 0 aliphatic rings. The summed E-state index contributed by atoms with van der Waals surface area (Å²) in [5.41, 5.74) is -2.83. The lowest BCUT2D eigenvalue weighted by atomic mass is 10.1. The van der Waals surface area contributed by atoms with E-state index in [0.717, 1.165) is 32.1 Å². The molecule has 0 aromatic carbocycles. The maximum Gasteiger partial charge on any atom is 0.427 e. The fourth-order valence-corrected chi connectivity index (χ4v) is 2.26. The van der Waals surface area contributed by atoms with Crippen LogP contribution >= 0.6 is 0 Å². The van der Waals surface area contributed by atoms with Crippen LogP contribution in [0.4, 0.5) is 13.2 Å². The highest BCUT2D eigenvalue weighted by Gasteiger charge is 2.50. The van der Waals surface area contributed by atoms with Crippen molar-refractivity contribution in [2.24, 2.45) is 0 Å². The number of ether oxygens (including phenoxy) is 1. The van der Waals surface area contributed by atoms with Crippen LogP contribution in [0.1, 0.15) is 82.7 Å². The van der Waals surface area contributed by atoms with Gasteiger partial charge in [-0.25, -0.2) is 0 Å². The van der Waals surface area contributed by atoms with Crippen LogP contribution in [0.5, 0.6) is 0 Å². The quantitative estimate of drug-likeness (QED) is 0.216. The van der Waals surface area contributed by atoms with Crippen molar-refractivity contribution in [3.8, 4) is 0 Å². The first-order valence-electron chi connectivity index (χ1n) is 11.1. The van der Waals surface area contributed by atoms with E-state index in [-0.39, 0.29) is 11.3 Å². The van der Waals surface area contributed by atoms with Crippen molar-refractivity contribution < 1.29 is 31.6 Å². The van der Waals surface area contributed by atoms with E-state index >= 15 is 0 Å². The van der Waals surface area contributed by atoms with Gasteiger partial charge in [0.2, 0.25) is 11.5 Å². The summed E-state index contributed by atoms with van der Waals surface area (Å²) in [4.78, 5) is 24.1. The molecular formula is C19H34F3N3O3. The highest BCUT2D eigenvalue weighted by atomic mass is 19.4. The van der Waals surface area contributed by atoms with E-state index in [9.17, 15) is 22.8 Å². The Hall–Kier alpha value is -1.80. The Bertz CT molecular complexity index is 597. The van der Waals surface area contributed by atoms with E-state index in [0.29, 0.717) is 20.3 Å². The average molecular weight is 413 g/mol. The van der Waals surface area contributed by atoms with Gasteiger partial charge in [0, 0.05) is 17.5 Å². The van der Waals surface area contributed by atoms with E-state index in [1.165, 1.54) is 12.8 Å². The largest absolute Gasteiger partial charge is 0.449 e. The minimum atomic E-state index is -4.86. The molecule has 0 radical (unpaired) electrons. The summed E-state index contributed by atoms with van der Waals surface area (Å²) in [5.74, 6) is -2.99. The summed E-state index contributed by atoms with van der Waals surface area (Å²) >= 11 is 0. The first kappa shape index (κ1) is 20.9. The molecule has 9 heteroatoms. The number of guanidine groups is 1. The lowest BCUT2D eigenvalue weighted by Crippen LogP contribution is -2.48. The first-order valence-corrected chi connectivity index (χ1v) is 9.56. The summed E-state index contributed by atoms with van der Waals surface area (Å²) in [7, 11) is 0. The highest BCUT2D eigenvalue weighted by molar-refractivity contribution is 5.96. The van der Waals surface area contributed by atoms with Crippen LogP contribution in [0.25, 0.3) is 0 Å². The number of hydrogen-bond acceptors (Lipinski definition) is 4. The molecule has 1 amide bonds. The predicted molar refractivity (Wildman–Crippen MR) is 102 cm³/mol. The van der Waals surface area contributed by atoms with Crippen LogP contribution in [0.15, 0.2) is 0 Å². The third kappa shape index (κ3) is 11.1. The molecule has 0 spiro atoms. The lowest BCUT2D eigenvalue weighted by molar-refractivity contribution is -0.257. The van der Waals surface area contributed by atoms with Gasteiger partial charge in [-0.15, -0.1) is 0 Å². The zero-order valence-electron chi connectivity index (χ0n) is 19.9. The second-order valence-corrected chi connectivity index (χ2v) is 7.19. The molecule has 0 aliphatic heterocycles. The van der Waals surface area contributed by atoms with Gasteiger partial charge in [0.25, 0.3) is 0 Å². The molecule has 0 aromatic heterocycles. The number of unbranched alkanes of at least 4 members (excludes halogenated alkanes) is 7. The molecule has 6 nitrogen and oxygen atoms in total. The molecule has 0 bridgehead atoms. The van der Waals surface area contributed by atoms with Gasteiger partial charge < -0.3 is 9.64 Å². The summed E-state index contributed by atoms with van der Waals surface area (Å²) in [5, 5.41) is 9.88. The molecule has 0 saturated carbocycles. The molecule has 0 rings (SSSR count). The lowest BCUT2D eigenvalue weighted by Gasteiger charge is -2.28. The number of likely N-dealkylation sites (N-methyl/N-ethyl adjacent to an activating group) is 1. The highest BCUT2D eigenvalue weighted by Crippen LogP contribution is 2.32. The van der Waals surface area contributed by atoms with E-state index in [4.69, 9.17) is 9.52 Å². The number of carbonyl (C=O) groups is 2. The molecule has 0 heterocycles. The first-order chi connectivity index (χ1) is 14.1. The minimum absolute atomic E-state index is 0.0672. The second-order valence-electron chi connectivity index (χ2n) is 7.19. The minimum Gasteiger partial charge on any atom is -0.449 e. The van der Waals surface area contributed by atoms with Crippen molar-refractivity contribution in [1.82, 2.24) is 10.2 Å². The number of esters is 1. The van der Waals surface area contributed by atoms with Crippen molar-refractivity contribution >= 4 is 17.8 Å². The summed E-state index contributed by atoms with van der Waals surface area (Å²) < 4.78 is 65.1. The SMILES string of the molecule is [2H]C([2H])([2H])N(CC(=O)OC(C)(C)C(F)(F)F)C(=N)NC(=O)CCCCCCCCCC.